The molecule has 114 valence electrons. The molecule has 2 atom stereocenters. The largest absolute Gasteiger partial charge is 0.344 e. The van der Waals surface area contributed by atoms with Gasteiger partial charge in [-0.3, -0.25) is 9.69 Å². The van der Waals surface area contributed by atoms with Crippen LogP contribution >= 0.6 is 0 Å². The number of nitrogens with zero attached hydrogens (tertiary/aromatic N) is 4. The van der Waals surface area contributed by atoms with Crippen LogP contribution in [0.15, 0.2) is 4.52 Å². The second kappa shape index (κ2) is 5.09. The predicted molar refractivity (Wildman–Crippen MR) is 75.9 cm³/mol. The summed E-state index contributed by atoms with van der Waals surface area (Å²) >= 11 is 0. The third kappa shape index (κ3) is 2.46. The average Bonchev–Trinajstić information content (AvgIpc) is 3.14. The molecule has 1 amide bonds. The second-order valence-electron chi connectivity index (χ2n) is 6.66. The molecule has 1 aliphatic carbocycles. The van der Waals surface area contributed by atoms with E-state index < -0.39 is 0 Å². The fourth-order valence-corrected chi connectivity index (χ4v) is 3.55. The lowest BCUT2D eigenvalue weighted by Crippen LogP contribution is -2.45. The summed E-state index contributed by atoms with van der Waals surface area (Å²) in [5.74, 6) is 2.76. The molecule has 1 aromatic rings. The van der Waals surface area contributed by atoms with Gasteiger partial charge in [0.25, 0.3) is 0 Å². The van der Waals surface area contributed by atoms with E-state index in [1.54, 1.807) is 0 Å². The Hall–Kier alpha value is -1.43. The van der Waals surface area contributed by atoms with Gasteiger partial charge in [-0.2, -0.15) is 4.98 Å². The van der Waals surface area contributed by atoms with Gasteiger partial charge in [0.05, 0.1) is 6.04 Å². The fourth-order valence-electron chi connectivity index (χ4n) is 3.55. The van der Waals surface area contributed by atoms with Crippen LogP contribution in [-0.4, -0.2) is 58.6 Å². The van der Waals surface area contributed by atoms with Gasteiger partial charge >= 0.3 is 0 Å². The molecule has 0 N–H and O–H groups in total. The van der Waals surface area contributed by atoms with Crippen LogP contribution in [0.5, 0.6) is 0 Å². The first kappa shape index (κ1) is 13.2. The molecule has 0 radical (unpaired) electrons. The van der Waals surface area contributed by atoms with Gasteiger partial charge in [-0.05, 0) is 38.6 Å². The highest BCUT2D eigenvalue weighted by atomic mass is 16.5. The van der Waals surface area contributed by atoms with Gasteiger partial charge < -0.3 is 9.42 Å². The lowest BCUT2D eigenvalue weighted by molar-refractivity contribution is -0.131. The maximum atomic E-state index is 12.2. The van der Waals surface area contributed by atoms with Crippen LogP contribution in [0.25, 0.3) is 0 Å². The van der Waals surface area contributed by atoms with E-state index in [1.165, 1.54) is 12.8 Å². The van der Waals surface area contributed by atoms with Crippen LogP contribution < -0.4 is 0 Å². The molecule has 0 spiro atoms. The van der Waals surface area contributed by atoms with Crippen LogP contribution in [0.1, 0.15) is 55.7 Å². The number of aromatic nitrogens is 2. The molecule has 3 fully saturated rings. The molecule has 1 aromatic heterocycles. The Morgan fingerprint density at radius 2 is 2.00 bits per heavy atom. The Bertz CT molecular complexity index is 540. The highest BCUT2D eigenvalue weighted by molar-refractivity contribution is 5.83. The minimum atomic E-state index is 0.0626. The van der Waals surface area contributed by atoms with E-state index in [0.29, 0.717) is 11.8 Å². The van der Waals surface area contributed by atoms with E-state index in [9.17, 15) is 4.79 Å². The molecule has 3 aliphatic rings. The van der Waals surface area contributed by atoms with Crippen molar-refractivity contribution in [3.05, 3.63) is 11.7 Å². The van der Waals surface area contributed by atoms with Gasteiger partial charge in [0, 0.05) is 32.0 Å². The van der Waals surface area contributed by atoms with E-state index in [4.69, 9.17) is 4.52 Å². The van der Waals surface area contributed by atoms with E-state index in [1.807, 2.05) is 11.9 Å². The Kier molecular flexibility index (Phi) is 3.21. The summed E-state index contributed by atoms with van der Waals surface area (Å²) in [4.78, 5) is 20.9. The fraction of sp³-hybridized carbons (Fsp3) is 0.800. The standard InChI is InChI=1S/C15H22N4O2/c1-18-8-6-12(15(18)20)19-7-2-3-11(9-19)13-16-14(21-17-13)10-4-5-10/h10-12H,2-9H2,1H3/t11-,12-/m1/s1. The minimum absolute atomic E-state index is 0.0626. The first-order valence-corrected chi connectivity index (χ1v) is 8.05. The smallest absolute Gasteiger partial charge is 0.239 e. The minimum Gasteiger partial charge on any atom is -0.344 e. The zero-order chi connectivity index (χ0) is 14.4. The first-order valence-electron chi connectivity index (χ1n) is 8.05. The van der Waals surface area contributed by atoms with Crippen molar-refractivity contribution in [3.63, 3.8) is 0 Å². The van der Waals surface area contributed by atoms with E-state index in [-0.39, 0.29) is 11.9 Å². The zero-order valence-corrected chi connectivity index (χ0v) is 12.5. The molecule has 6 nitrogen and oxygen atoms in total. The predicted octanol–water partition coefficient (Wildman–Crippen LogP) is 1.36. The van der Waals surface area contributed by atoms with Gasteiger partial charge in [-0.1, -0.05) is 5.16 Å². The van der Waals surface area contributed by atoms with Gasteiger partial charge in [-0.25, -0.2) is 0 Å². The lowest BCUT2D eigenvalue weighted by Gasteiger charge is -2.34. The molecule has 2 saturated heterocycles. The van der Waals surface area contributed by atoms with Crippen molar-refractivity contribution in [2.24, 2.45) is 0 Å². The van der Waals surface area contributed by atoms with Crippen molar-refractivity contribution in [2.75, 3.05) is 26.7 Å². The molecule has 6 heteroatoms. The maximum Gasteiger partial charge on any atom is 0.239 e. The Labute approximate surface area is 124 Å². The number of rotatable bonds is 3. The van der Waals surface area contributed by atoms with Crippen molar-refractivity contribution >= 4 is 5.91 Å². The SMILES string of the molecule is CN1CC[C@@H](N2CCC[C@@H](c3noc(C4CC4)n3)C2)C1=O. The monoisotopic (exact) mass is 290 g/mol. The van der Waals surface area contributed by atoms with Crippen LogP contribution in [0.4, 0.5) is 0 Å². The van der Waals surface area contributed by atoms with Crippen LogP contribution in [-0.2, 0) is 4.79 Å². The van der Waals surface area contributed by atoms with Gasteiger partial charge in [0.1, 0.15) is 0 Å². The molecule has 4 rings (SSSR count). The molecule has 0 aromatic carbocycles. The molecule has 0 unspecified atom stereocenters. The third-order valence-electron chi connectivity index (χ3n) is 5.04. The summed E-state index contributed by atoms with van der Waals surface area (Å²) in [5.41, 5.74) is 0. The first-order chi connectivity index (χ1) is 10.2. The van der Waals surface area contributed by atoms with Crippen molar-refractivity contribution in [1.82, 2.24) is 19.9 Å². The number of carbonyl (C=O) groups excluding carboxylic acids is 1. The van der Waals surface area contributed by atoms with Gasteiger partial charge in [0.2, 0.25) is 11.8 Å². The van der Waals surface area contributed by atoms with E-state index >= 15 is 0 Å². The number of piperidine rings is 1. The number of likely N-dealkylation sites (N-methyl/N-ethyl adjacent to an activating group) is 1. The van der Waals surface area contributed by atoms with Crippen molar-refractivity contribution in [1.29, 1.82) is 0 Å². The number of hydrogen-bond donors (Lipinski definition) is 0. The number of likely N-dealkylation sites (tertiary alicyclic amines) is 2. The summed E-state index contributed by atoms with van der Waals surface area (Å²) in [6.45, 7) is 2.76. The zero-order valence-electron chi connectivity index (χ0n) is 12.5. The molecule has 0 bridgehead atoms. The summed E-state index contributed by atoms with van der Waals surface area (Å²) < 4.78 is 5.39. The molecule has 21 heavy (non-hydrogen) atoms. The number of carbonyl (C=O) groups is 1. The number of amides is 1. The van der Waals surface area contributed by atoms with E-state index in [0.717, 1.165) is 50.6 Å². The molecular formula is C15H22N4O2. The molecular weight excluding hydrogens is 268 g/mol. The molecule has 1 saturated carbocycles. The summed E-state index contributed by atoms with van der Waals surface area (Å²) in [6.07, 6.45) is 5.51. The lowest BCUT2D eigenvalue weighted by atomic mass is 9.95. The topological polar surface area (TPSA) is 62.5 Å². The highest BCUT2D eigenvalue weighted by Crippen LogP contribution is 2.39. The number of hydrogen-bond acceptors (Lipinski definition) is 5. The molecule has 2 aliphatic heterocycles. The Balaban J connectivity index is 1.45. The van der Waals surface area contributed by atoms with Crippen molar-refractivity contribution in [2.45, 2.75) is 50.0 Å². The van der Waals surface area contributed by atoms with Gasteiger partial charge in [-0.15, -0.1) is 0 Å². The molecule has 3 heterocycles. The summed E-state index contributed by atoms with van der Waals surface area (Å²) in [5, 5.41) is 4.19. The van der Waals surface area contributed by atoms with E-state index in [2.05, 4.69) is 15.0 Å². The van der Waals surface area contributed by atoms with Crippen molar-refractivity contribution < 1.29 is 9.32 Å². The Morgan fingerprint density at radius 3 is 2.71 bits per heavy atom. The van der Waals surface area contributed by atoms with Gasteiger partial charge in [0.15, 0.2) is 5.82 Å². The normalized spacial score (nSPS) is 31.1. The highest BCUT2D eigenvalue weighted by Gasteiger charge is 2.38. The van der Waals surface area contributed by atoms with Crippen LogP contribution in [0.2, 0.25) is 0 Å². The second-order valence-corrected chi connectivity index (χ2v) is 6.66. The summed E-state index contributed by atoms with van der Waals surface area (Å²) in [6, 6.07) is 0.0626. The maximum absolute atomic E-state index is 12.2. The third-order valence-corrected chi connectivity index (χ3v) is 5.04. The van der Waals surface area contributed by atoms with Crippen LogP contribution in [0.3, 0.4) is 0 Å². The average molecular weight is 290 g/mol. The Morgan fingerprint density at radius 1 is 1.14 bits per heavy atom. The van der Waals surface area contributed by atoms with Crippen molar-refractivity contribution in [3.8, 4) is 0 Å². The quantitative estimate of drug-likeness (QED) is 0.841. The van der Waals surface area contributed by atoms with Crippen LogP contribution in [0, 0.1) is 0 Å². The summed E-state index contributed by atoms with van der Waals surface area (Å²) in [7, 11) is 1.89.